The minimum absolute atomic E-state index is 0.0966. The van der Waals surface area contributed by atoms with Gasteiger partial charge in [0.15, 0.2) is 3.95 Å². The van der Waals surface area contributed by atoms with E-state index in [0.717, 1.165) is 0 Å². The summed E-state index contributed by atoms with van der Waals surface area (Å²) in [4.78, 5) is 0. The molecule has 1 heterocycles. The van der Waals surface area contributed by atoms with E-state index < -0.39 is 9.84 Å². The summed E-state index contributed by atoms with van der Waals surface area (Å²) in [5.41, 5.74) is 0. The molecule has 1 aromatic rings. The maximum Gasteiger partial charge on any atom is 0.204 e. The predicted octanol–water partition coefficient (Wildman–Crippen LogP) is 0.657. The van der Waals surface area contributed by atoms with Gasteiger partial charge in [-0.1, -0.05) is 11.3 Å². The number of aromatic nitrogens is 2. The average Bonchev–Trinajstić information content (AvgIpc) is 2.33. The van der Waals surface area contributed by atoms with Gasteiger partial charge in [-0.2, -0.15) is 0 Å². The smallest absolute Gasteiger partial charge is 0.204 e. The lowest BCUT2D eigenvalue weighted by Crippen LogP contribution is -2.13. The summed E-state index contributed by atoms with van der Waals surface area (Å²) in [6.45, 7) is 0.356. The first-order valence-corrected chi connectivity index (χ1v) is 6.73. The van der Waals surface area contributed by atoms with Crippen LogP contribution in [0, 0.1) is 3.95 Å². The predicted molar refractivity (Wildman–Crippen MR) is 55.5 cm³/mol. The molecule has 0 aliphatic rings. The van der Waals surface area contributed by atoms with Crippen LogP contribution in [-0.2, 0) is 9.84 Å². The Balaban J connectivity index is 2.41. The van der Waals surface area contributed by atoms with Crippen LogP contribution in [0.15, 0.2) is 0 Å². The highest BCUT2D eigenvalue weighted by atomic mass is 32.2. The second-order valence-corrected chi connectivity index (χ2v) is 6.40. The van der Waals surface area contributed by atoms with Gasteiger partial charge in [0, 0.05) is 12.8 Å². The van der Waals surface area contributed by atoms with Gasteiger partial charge in [-0.25, -0.2) is 8.42 Å². The van der Waals surface area contributed by atoms with E-state index in [1.54, 1.807) is 0 Å². The van der Waals surface area contributed by atoms with Crippen molar-refractivity contribution >= 4 is 38.5 Å². The number of hydrogen-bond donors (Lipinski definition) is 2. The second-order valence-electron chi connectivity index (χ2n) is 2.47. The molecule has 5 nitrogen and oxygen atoms in total. The molecule has 0 unspecified atom stereocenters. The van der Waals surface area contributed by atoms with Gasteiger partial charge < -0.3 is 5.32 Å². The standard InChI is InChI=1S/C5H9N3O2S3/c1-13(9,10)3-2-6-4-7-8-5(11)12-4/h2-3H2,1H3,(H,6,7)(H,8,11). The van der Waals surface area contributed by atoms with E-state index in [2.05, 4.69) is 15.5 Å². The van der Waals surface area contributed by atoms with Crippen molar-refractivity contribution in [1.29, 1.82) is 0 Å². The molecule has 1 rings (SSSR count). The third-order valence-electron chi connectivity index (χ3n) is 1.19. The van der Waals surface area contributed by atoms with Crippen molar-refractivity contribution in [2.45, 2.75) is 0 Å². The number of nitrogens with one attached hydrogen (secondary N) is 2. The topological polar surface area (TPSA) is 74.8 Å². The van der Waals surface area contributed by atoms with E-state index in [4.69, 9.17) is 12.2 Å². The van der Waals surface area contributed by atoms with Gasteiger partial charge >= 0.3 is 0 Å². The Morgan fingerprint density at radius 2 is 2.38 bits per heavy atom. The van der Waals surface area contributed by atoms with Gasteiger partial charge in [-0.3, -0.25) is 5.10 Å². The van der Waals surface area contributed by atoms with Gasteiger partial charge in [-0.05, 0) is 12.2 Å². The molecule has 0 aliphatic heterocycles. The lowest BCUT2D eigenvalue weighted by molar-refractivity contribution is 0.602. The molecule has 0 radical (unpaired) electrons. The van der Waals surface area contributed by atoms with Crippen LogP contribution in [0.25, 0.3) is 0 Å². The SMILES string of the molecule is CS(=O)(=O)CCNc1n[nH]c(=S)s1. The highest BCUT2D eigenvalue weighted by molar-refractivity contribution is 7.90. The first-order valence-electron chi connectivity index (χ1n) is 3.44. The summed E-state index contributed by atoms with van der Waals surface area (Å²) < 4.78 is 22.1. The van der Waals surface area contributed by atoms with Crippen LogP contribution < -0.4 is 5.32 Å². The third-order valence-corrected chi connectivity index (χ3v) is 3.18. The fourth-order valence-corrected chi connectivity index (χ4v) is 1.94. The van der Waals surface area contributed by atoms with Crippen molar-refractivity contribution in [3.05, 3.63) is 3.95 Å². The Kier molecular flexibility index (Phi) is 3.40. The van der Waals surface area contributed by atoms with Crippen molar-refractivity contribution in [1.82, 2.24) is 10.2 Å². The Morgan fingerprint density at radius 3 is 2.85 bits per heavy atom. The third kappa shape index (κ3) is 4.34. The van der Waals surface area contributed by atoms with E-state index in [1.165, 1.54) is 17.6 Å². The highest BCUT2D eigenvalue weighted by Crippen LogP contribution is 2.09. The molecule has 0 spiro atoms. The molecule has 8 heteroatoms. The van der Waals surface area contributed by atoms with E-state index in [9.17, 15) is 8.42 Å². The highest BCUT2D eigenvalue weighted by Gasteiger charge is 2.02. The first kappa shape index (κ1) is 10.6. The summed E-state index contributed by atoms with van der Waals surface area (Å²) in [6.07, 6.45) is 1.20. The van der Waals surface area contributed by atoms with E-state index in [1.807, 2.05) is 0 Å². The first-order chi connectivity index (χ1) is 5.97. The molecule has 0 atom stereocenters. The van der Waals surface area contributed by atoms with Crippen molar-refractivity contribution in [3.63, 3.8) is 0 Å². The van der Waals surface area contributed by atoms with Gasteiger partial charge in [0.2, 0.25) is 5.13 Å². The number of aromatic amines is 1. The van der Waals surface area contributed by atoms with Gasteiger partial charge in [-0.15, -0.1) is 5.10 Å². The molecule has 2 N–H and O–H groups in total. The fraction of sp³-hybridized carbons (Fsp3) is 0.600. The maximum absolute atomic E-state index is 10.7. The van der Waals surface area contributed by atoms with Crippen LogP contribution >= 0.6 is 23.6 Å². The van der Waals surface area contributed by atoms with Crippen molar-refractivity contribution in [2.24, 2.45) is 0 Å². The Morgan fingerprint density at radius 1 is 1.69 bits per heavy atom. The normalized spacial score (nSPS) is 11.5. The molecule has 0 fully saturated rings. The Bertz CT molecular complexity index is 418. The van der Waals surface area contributed by atoms with Gasteiger partial charge in [0.1, 0.15) is 9.84 Å². The van der Waals surface area contributed by atoms with Crippen molar-refractivity contribution in [3.8, 4) is 0 Å². The van der Waals surface area contributed by atoms with Gasteiger partial charge in [0.05, 0.1) is 5.75 Å². The Labute approximate surface area is 85.1 Å². The zero-order chi connectivity index (χ0) is 9.90. The molecule has 0 aromatic carbocycles. The molecular formula is C5H9N3O2S3. The number of rotatable bonds is 4. The maximum atomic E-state index is 10.7. The van der Waals surface area contributed by atoms with Crippen LogP contribution in [-0.4, -0.2) is 37.2 Å². The Hall–Kier alpha value is -0.470. The monoisotopic (exact) mass is 239 g/mol. The van der Waals surface area contributed by atoms with Crippen LogP contribution in [0.5, 0.6) is 0 Å². The van der Waals surface area contributed by atoms with E-state index in [0.29, 0.717) is 15.6 Å². The summed E-state index contributed by atoms with van der Waals surface area (Å²) in [5.74, 6) is 0.0966. The number of hydrogen-bond acceptors (Lipinski definition) is 6. The average molecular weight is 239 g/mol. The molecule has 0 saturated heterocycles. The molecule has 13 heavy (non-hydrogen) atoms. The van der Waals surface area contributed by atoms with E-state index in [-0.39, 0.29) is 5.75 Å². The molecular weight excluding hydrogens is 230 g/mol. The van der Waals surface area contributed by atoms with Gasteiger partial charge in [0.25, 0.3) is 0 Å². The molecule has 0 saturated carbocycles. The molecule has 0 amide bonds. The number of nitrogens with zero attached hydrogens (tertiary/aromatic N) is 1. The van der Waals surface area contributed by atoms with Crippen LogP contribution in [0.3, 0.4) is 0 Å². The van der Waals surface area contributed by atoms with Crippen molar-refractivity contribution < 1.29 is 8.42 Å². The van der Waals surface area contributed by atoms with Crippen LogP contribution in [0.1, 0.15) is 0 Å². The fourth-order valence-electron chi connectivity index (χ4n) is 0.649. The summed E-state index contributed by atoms with van der Waals surface area (Å²) >= 11 is 6.08. The summed E-state index contributed by atoms with van der Waals surface area (Å²) in [7, 11) is -2.91. The molecule has 1 aromatic heterocycles. The lowest BCUT2D eigenvalue weighted by Gasteiger charge is -1.98. The quantitative estimate of drug-likeness (QED) is 0.755. The second kappa shape index (κ2) is 4.16. The number of sulfone groups is 1. The number of anilines is 1. The van der Waals surface area contributed by atoms with E-state index >= 15 is 0 Å². The minimum Gasteiger partial charge on any atom is -0.359 e. The van der Waals surface area contributed by atoms with Crippen molar-refractivity contribution in [2.75, 3.05) is 23.9 Å². The minimum atomic E-state index is -2.91. The molecule has 74 valence electrons. The zero-order valence-electron chi connectivity index (χ0n) is 6.90. The molecule has 0 bridgehead atoms. The summed E-state index contributed by atoms with van der Waals surface area (Å²) in [5, 5.41) is 9.88. The summed E-state index contributed by atoms with van der Waals surface area (Å²) in [6, 6.07) is 0. The van der Waals surface area contributed by atoms with Crippen LogP contribution in [0.2, 0.25) is 0 Å². The largest absolute Gasteiger partial charge is 0.359 e. The number of H-pyrrole nitrogens is 1. The van der Waals surface area contributed by atoms with Crippen LogP contribution in [0.4, 0.5) is 5.13 Å². The lowest BCUT2D eigenvalue weighted by atomic mass is 10.7. The molecule has 0 aliphatic carbocycles. The zero-order valence-corrected chi connectivity index (χ0v) is 9.35.